The summed E-state index contributed by atoms with van der Waals surface area (Å²) in [5.41, 5.74) is 1.97. The van der Waals surface area contributed by atoms with Crippen molar-refractivity contribution in [3.63, 3.8) is 0 Å². The number of carbonyl (C=O) groups excluding carboxylic acids is 1. The molecule has 0 bridgehead atoms. The maximum Gasteiger partial charge on any atom is 0.340 e. The molecule has 0 heterocycles. The second kappa shape index (κ2) is 7.34. The van der Waals surface area contributed by atoms with Crippen molar-refractivity contribution in [2.24, 2.45) is 0 Å². The van der Waals surface area contributed by atoms with Crippen molar-refractivity contribution in [1.82, 2.24) is 0 Å². The van der Waals surface area contributed by atoms with Crippen LogP contribution in [-0.4, -0.2) is 12.6 Å². The topological polar surface area (TPSA) is 38.3 Å². The largest absolute Gasteiger partial charge is 0.462 e. The van der Waals surface area contributed by atoms with E-state index >= 15 is 0 Å². The molecule has 2 rings (SSSR count). The smallest absolute Gasteiger partial charge is 0.340 e. The van der Waals surface area contributed by atoms with Gasteiger partial charge >= 0.3 is 5.97 Å². The van der Waals surface area contributed by atoms with Gasteiger partial charge in [0, 0.05) is 27.8 Å². The number of rotatable bonds is 5. The van der Waals surface area contributed by atoms with Gasteiger partial charge in [0.1, 0.15) is 0 Å². The van der Waals surface area contributed by atoms with Gasteiger partial charge in [-0.05, 0) is 31.2 Å². The SMILES string of the molecule is CCOC(=O)c1ccccc1NCc1c(Cl)cccc1Cl. The first-order chi connectivity index (χ1) is 10.1. The van der Waals surface area contributed by atoms with Crippen LogP contribution >= 0.6 is 23.2 Å². The Kier molecular flexibility index (Phi) is 5.48. The molecular formula is C16H15Cl2NO2. The molecule has 0 spiro atoms. The summed E-state index contributed by atoms with van der Waals surface area (Å²) in [6.07, 6.45) is 0. The lowest BCUT2D eigenvalue weighted by Gasteiger charge is -2.13. The Hall–Kier alpha value is -1.71. The number of ether oxygens (including phenoxy) is 1. The van der Waals surface area contributed by atoms with Crippen LogP contribution in [0.4, 0.5) is 5.69 Å². The van der Waals surface area contributed by atoms with Crippen molar-refractivity contribution in [1.29, 1.82) is 0 Å². The number of carbonyl (C=O) groups is 1. The number of esters is 1. The standard InChI is InChI=1S/C16H15Cl2NO2/c1-2-21-16(20)11-6-3-4-9-15(11)19-10-12-13(17)7-5-8-14(12)18/h3-9,19H,2,10H2,1H3. The fourth-order valence-electron chi connectivity index (χ4n) is 1.91. The maximum absolute atomic E-state index is 11.9. The Bertz CT molecular complexity index is 624. The molecule has 1 N–H and O–H groups in total. The van der Waals surface area contributed by atoms with Gasteiger partial charge in [0.2, 0.25) is 0 Å². The zero-order valence-corrected chi connectivity index (χ0v) is 13.0. The van der Waals surface area contributed by atoms with Gasteiger partial charge in [-0.2, -0.15) is 0 Å². The summed E-state index contributed by atoms with van der Waals surface area (Å²) < 4.78 is 5.04. The zero-order valence-electron chi connectivity index (χ0n) is 11.5. The van der Waals surface area contributed by atoms with Gasteiger partial charge in [0.05, 0.1) is 12.2 Å². The van der Waals surface area contributed by atoms with E-state index < -0.39 is 0 Å². The Morgan fingerprint density at radius 2 is 1.76 bits per heavy atom. The van der Waals surface area contributed by atoms with E-state index in [0.717, 1.165) is 5.56 Å². The van der Waals surface area contributed by atoms with Crippen LogP contribution in [0.3, 0.4) is 0 Å². The number of nitrogens with one attached hydrogen (secondary N) is 1. The Balaban J connectivity index is 2.19. The lowest BCUT2D eigenvalue weighted by Crippen LogP contribution is -2.10. The van der Waals surface area contributed by atoms with Gasteiger partial charge in [-0.25, -0.2) is 4.79 Å². The van der Waals surface area contributed by atoms with E-state index in [-0.39, 0.29) is 5.97 Å². The first kappa shape index (κ1) is 15.7. The summed E-state index contributed by atoms with van der Waals surface area (Å²) in [5.74, 6) is -0.356. The first-order valence-corrected chi connectivity index (χ1v) is 7.32. The maximum atomic E-state index is 11.9. The predicted octanol–water partition coefficient (Wildman–Crippen LogP) is 4.78. The van der Waals surface area contributed by atoms with Crippen LogP contribution in [0.15, 0.2) is 42.5 Å². The van der Waals surface area contributed by atoms with Crippen LogP contribution in [0.5, 0.6) is 0 Å². The van der Waals surface area contributed by atoms with Crippen LogP contribution in [0.2, 0.25) is 10.0 Å². The zero-order chi connectivity index (χ0) is 15.2. The quantitative estimate of drug-likeness (QED) is 0.804. The highest BCUT2D eigenvalue weighted by molar-refractivity contribution is 6.36. The van der Waals surface area contributed by atoms with Crippen LogP contribution in [0.1, 0.15) is 22.8 Å². The molecule has 2 aromatic carbocycles. The molecule has 0 saturated carbocycles. The van der Waals surface area contributed by atoms with Crippen molar-refractivity contribution < 1.29 is 9.53 Å². The number of para-hydroxylation sites is 1. The van der Waals surface area contributed by atoms with E-state index in [1.165, 1.54) is 0 Å². The monoisotopic (exact) mass is 323 g/mol. The van der Waals surface area contributed by atoms with E-state index in [1.807, 2.05) is 12.1 Å². The van der Waals surface area contributed by atoms with Gasteiger partial charge in [-0.3, -0.25) is 0 Å². The molecule has 5 heteroatoms. The number of hydrogen-bond acceptors (Lipinski definition) is 3. The normalized spacial score (nSPS) is 10.2. The minimum absolute atomic E-state index is 0.337. The highest BCUT2D eigenvalue weighted by Gasteiger charge is 2.12. The van der Waals surface area contributed by atoms with Crippen LogP contribution < -0.4 is 5.32 Å². The molecule has 0 aromatic heterocycles. The van der Waals surface area contributed by atoms with Crippen LogP contribution in [-0.2, 0) is 11.3 Å². The second-order valence-electron chi connectivity index (χ2n) is 4.32. The molecule has 0 fully saturated rings. The first-order valence-electron chi connectivity index (χ1n) is 6.56. The van der Waals surface area contributed by atoms with Crippen LogP contribution in [0, 0.1) is 0 Å². The fraction of sp³-hybridized carbons (Fsp3) is 0.188. The summed E-state index contributed by atoms with van der Waals surface area (Å²) >= 11 is 12.3. The van der Waals surface area contributed by atoms with E-state index in [4.69, 9.17) is 27.9 Å². The van der Waals surface area contributed by atoms with Gasteiger partial charge in [0.25, 0.3) is 0 Å². The third kappa shape index (κ3) is 3.90. The van der Waals surface area contributed by atoms with Gasteiger partial charge in [0.15, 0.2) is 0 Å². The highest BCUT2D eigenvalue weighted by atomic mass is 35.5. The lowest BCUT2D eigenvalue weighted by atomic mass is 10.1. The fourth-order valence-corrected chi connectivity index (χ4v) is 2.44. The summed E-state index contributed by atoms with van der Waals surface area (Å²) in [6.45, 7) is 2.54. The van der Waals surface area contributed by atoms with Crippen molar-refractivity contribution in [3.05, 3.63) is 63.6 Å². The average molecular weight is 324 g/mol. The highest BCUT2D eigenvalue weighted by Crippen LogP contribution is 2.26. The number of halogens is 2. The van der Waals surface area contributed by atoms with Crippen LogP contribution in [0.25, 0.3) is 0 Å². The van der Waals surface area contributed by atoms with Gasteiger partial charge < -0.3 is 10.1 Å². The average Bonchev–Trinajstić information content (AvgIpc) is 2.47. The van der Waals surface area contributed by atoms with Crippen molar-refractivity contribution >= 4 is 34.9 Å². The minimum Gasteiger partial charge on any atom is -0.462 e. The molecule has 0 atom stereocenters. The number of hydrogen-bond donors (Lipinski definition) is 1. The molecule has 0 unspecified atom stereocenters. The van der Waals surface area contributed by atoms with E-state index in [2.05, 4.69) is 5.32 Å². The summed E-state index contributed by atoms with van der Waals surface area (Å²) in [7, 11) is 0. The molecule has 0 aliphatic carbocycles. The second-order valence-corrected chi connectivity index (χ2v) is 5.13. The number of benzene rings is 2. The Labute approximate surface area is 133 Å². The molecule has 3 nitrogen and oxygen atoms in total. The predicted molar refractivity (Wildman–Crippen MR) is 86.2 cm³/mol. The molecule has 0 amide bonds. The molecular weight excluding hydrogens is 309 g/mol. The number of anilines is 1. The lowest BCUT2D eigenvalue weighted by molar-refractivity contribution is 0.0527. The van der Waals surface area contributed by atoms with Gasteiger partial charge in [-0.15, -0.1) is 0 Å². The van der Waals surface area contributed by atoms with Crippen molar-refractivity contribution in [2.45, 2.75) is 13.5 Å². The molecule has 0 saturated heterocycles. The Morgan fingerprint density at radius 1 is 1.10 bits per heavy atom. The molecule has 0 radical (unpaired) electrons. The van der Waals surface area contributed by atoms with E-state index in [1.54, 1.807) is 37.3 Å². The molecule has 110 valence electrons. The summed E-state index contributed by atoms with van der Waals surface area (Å²) in [4.78, 5) is 11.9. The summed E-state index contributed by atoms with van der Waals surface area (Å²) in [5, 5.41) is 4.35. The van der Waals surface area contributed by atoms with E-state index in [0.29, 0.717) is 34.4 Å². The third-order valence-electron chi connectivity index (χ3n) is 2.94. The molecule has 0 aliphatic rings. The Morgan fingerprint density at radius 3 is 2.43 bits per heavy atom. The van der Waals surface area contributed by atoms with Crippen molar-refractivity contribution in [3.8, 4) is 0 Å². The molecule has 21 heavy (non-hydrogen) atoms. The minimum atomic E-state index is -0.356. The molecule has 0 aliphatic heterocycles. The van der Waals surface area contributed by atoms with Gasteiger partial charge in [-0.1, -0.05) is 41.4 Å². The summed E-state index contributed by atoms with van der Waals surface area (Å²) in [6, 6.07) is 12.5. The third-order valence-corrected chi connectivity index (χ3v) is 3.65. The van der Waals surface area contributed by atoms with E-state index in [9.17, 15) is 4.79 Å². The molecule has 2 aromatic rings. The van der Waals surface area contributed by atoms with Crippen molar-refractivity contribution in [2.75, 3.05) is 11.9 Å².